The van der Waals surface area contributed by atoms with Gasteiger partial charge in [0.15, 0.2) is 0 Å². The van der Waals surface area contributed by atoms with Gasteiger partial charge in [0.25, 0.3) is 5.82 Å². The monoisotopic (exact) mass is 398 g/mol. The fourth-order valence-electron chi connectivity index (χ4n) is 2.23. The standard InChI is InChI=1S/C16H17F3N6OS/c1-10-4-6-12(7-5-10)24(9-3-8-20)13(26)11(2)27-15-23-22-14(25(15)21)16(17,18)19/h4-7,11H,3,9,21H2,1-2H3. The fourth-order valence-corrected chi connectivity index (χ4v) is 3.06. The van der Waals surface area contributed by atoms with Gasteiger partial charge >= 0.3 is 6.18 Å². The molecule has 1 heterocycles. The van der Waals surface area contributed by atoms with Gasteiger partial charge in [0.1, 0.15) is 0 Å². The Bertz CT molecular complexity index is 843. The van der Waals surface area contributed by atoms with Crippen LogP contribution in [0.25, 0.3) is 0 Å². The fraction of sp³-hybridized carbons (Fsp3) is 0.375. The Morgan fingerprint density at radius 3 is 2.52 bits per heavy atom. The van der Waals surface area contributed by atoms with Crippen LogP contribution in [0.5, 0.6) is 0 Å². The highest BCUT2D eigenvalue weighted by molar-refractivity contribution is 8.00. The van der Waals surface area contributed by atoms with Crippen molar-refractivity contribution in [3.8, 4) is 6.07 Å². The van der Waals surface area contributed by atoms with Gasteiger partial charge in [-0.15, -0.1) is 10.2 Å². The Labute approximate surface area is 157 Å². The lowest BCUT2D eigenvalue weighted by Crippen LogP contribution is -2.37. The second kappa shape index (κ2) is 8.30. The molecule has 0 aliphatic rings. The van der Waals surface area contributed by atoms with E-state index in [4.69, 9.17) is 11.1 Å². The number of aromatic nitrogens is 3. The van der Waals surface area contributed by atoms with Crippen LogP contribution in [0, 0.1) is 18.3 Å². The van der Waals surface area contributed by atoms with Gasteiger partial charge in [-0.1, -0.05) is 29.5 Å². The van der Waals surface area contributed by atoms with E-state index in [-0.39, 0.29) is 24.0 Å². The molecule has 1 amide bonds. The summed E-state index contributed by atoms with van der Waals surface area (Å²) in [6.45, 7) is 3.59. The largest absolute Gasteiger partial charge is 0.453 e. The third kappa shape index (κ3) is 4.91. The molecule has 27 heavy (non-hydrogen) atoms. The van der Waals surface area contributed by atoms with Crippen LogP contribution in [0.15, 0.2) is 29.4 Å². The molecule has 0 saturated heterocycles. The van der Waals surface area contributed by atoms with E-state index in [1.807, 2.05) is 25.1 Å². The first-order valence-electron chi connectivity index (χ1n) is 7.84. The van der Waals surface area contributed by atoms with Crippen molar-refractivity contribution in [2.45, 2.75) is 36.9 Å². The van der Waals surface area contributed by atoms with E-state index in [2.05, 4.69) is 10.2 Å². The van der Waals surface area contributed by atoms with Crippen molar-refractivity contribution in [3.63, 3.8) is 0 Å². The van der Waals surface area contributed by atoms with Gasteiger partial charge in [0.2, 0.25) is 11.1 Å². The summed E-state index contributed by atoms with van der Waals surface area (Å²) in [7, 11) is 0. The Morgan fingerprint density at radius 1 is 1.37 bits per heavy atom. The first kappa shape index (κ1) is 20.6. The first-order valence-corrected chi connectivity index (χ1v) is 8.72. The van der Waals surface area contributed by atoms with Gasteiger partial charge in [-0.25, -0.2) is 4.68 Å². The van der Waals surface area contributed by atoms with Crippen LogP contribution in [-0.2, 0) is 11.0 Å². The molecule has 0 fully saturated rings. The molecule has 1 atom stereocenters. The first-order chi connectivity index (χ1) is 12.6. The topological polar surface area (TPSA) is 101 Å². The minimum atomic E-state index is -4.74. The lowest BCUT2D eigenvalue weighted by Gasteiger charge is -2.25. The lowest BCUT2D eigenvalue weighted by molar-refractivity contribution is -0.146. The number of alkyl halides is 3. The molecule has 2 N–H and O–H groups in total. The number of carbonyl (C=O) groups is 1. The predicted octanol–water partition coefficient (Wildman–Crippen LogP) is 2.75. The highest BCUT2D eigenvalue weighted by atomic mass is 32.2. The molecule has 144 valence electrons. The Kier molecular flexibility index (Phi) is 6.32. The molecule has 0 saturated carbocycles. The van der Waals surface area contributed by atoms with E-state index in [0.717, 1.165) is 17.3 Å². The molecule has 1 aromatic carbocycles. The van der Waals surface area contributed by atoms with Crippen LogP contribution >= 0.6 is 11.8 Å². The summed E-state index contributed by atoms with van der Waals surface area (Å²) in [5.41, 5.74) is 1.60. The molecular formula is C16H17F3N6OS. The summed E-state index contributed by atoms with van der Waals surface area (Å²) in [6, 6.07) is 9.12. The average Bonchev–Trinajstić information content (AvgIpc) is 2.97. The molecule has 0 radical (unpaired) electrons. The van der Waals surface area contributed by atoms with E-state index in [0.29, 0.717) is 10.4 Å². The van der Waals surface area contributed by atoms with Crippen LogP contribution in [-0.4, -0.2) is 32.6 Å². The van der Waals surface area contributed by atoms with E-state index in [9.17, 15) is 18.0 Å². The molecule has 11 heteroatoms. The molecule has 1 aromatic heterocycles. The van der Waals surface area contributed by atoms with Crippen molar-refractivity contribution in [3.05, 3.63) is 35.7 Å². The number of nitrogens with two attached hydrogens (primary N) is 1. The number of rotatable bonds is 6. The highest BCUT2D eigenvalue weighted by Crippen LogP contribution is 2.31. The number of nitriles is 1. The summed E-state index contributed by atoms with van der Waals surface area (Å²) in [5.74, 6) is 3.68. The van der Waals surface area contributed by atoms with Gasteiger partial charge in [-0.3, -0.25) is 4.79 Å². The highest BCUT2D eigenvalue weighted by Gasteiger charge is 2.38. The molecule has 1 unspecified atom stereocenters. The molecular weight excluding hydrogens is 381 g/mol. The van der Waals surface area contributed by atoms with Crippen molar-refractivity contribution in [1.29, 1.82) is 5.26 Å². The molecule has 0 aliphatic heterocycles. The van der Waals surface area contributed by atoms with Crippen molar-refractivity contribution in [2.75, 3.05) is 17.3 Å². The van der Waals surface area contributed by atoms with Crippen LogP contribution in [0.1, 0.15) is 24.7 Å². The normalized spacial score (nSPS) is 12.4. The summed E-state index contributed by atoms with van der Waals surface area (Å²) in [5, 5.41) is 14.3. The summed E-state index contributed by atoms with van der Waals surface area (Å²) in [6.07, 6.45) is -4.63. The minimum absolute atomic E-state index is 0.113. The Balaban J connectivity index is 2.21. The van der Waals surface area contributed by atoms with E-state index in [1.54, 1.807) is 12.1 Å². The minimum Gasteiger partial charge on any atom is -0.335 e. The van der Waals surface area contributed by atoms with Gasteiger partial charge < -0.3 is 10.7 Å². The zero-order valence-electron chi connectivity index (χ0n) is 14.6. The number of hydrogen-bond donors (Lipinski definition) is 1. The smallest absolute Gasteiger partial charge is 0.335 e. The number of nitrogens with zero attached hydrogens (tertiary/aromatic N) is 5. The molecule has 7 nitrogen and oxygen atoms in total. The number of hydrogen-bond acceptors (Lipinski definition) is 6. The number of amides is 1. The van der Waals surface area contributed by atoms with Gasteiger partial charge in [-0.2, -0.15) is 18.4 Å². The molecule has 2 rings (SSSR count). The van der Waals surface area contributed by atoms with Gasteiger partial charge in [0.05, 0.1) is 17.7 Å². The zero-order chi connectivity index (χ0) is 20.2. The van der Waals surface area contributed by atoms with Crippen LogP contribution in [0.4, 0.5) is 18.9 Å². The van der Waals surface area contributed by atoms with Crippen molar-refractivity contribution < 1.29 is 18.0 Å². The quantitative estimate of drug-likeness (QED) is 0.593. The van der Waals surface area contributed by atoms with Crippen LogP contribution in [0.3, 0.4) is 0 Å². The predicted molar refractivity (Wildman–Crippen MR) is 94.3 cm³/mol. The Hall–Kier alpha value is -2.74. The molecule has 2 aromatic rings. The second-order valence-corrected chi connectivity index (χ2v) is 6.98. The van der Waals surface area contributed by atoms with Crippen molar-refractivity contribution >= 4 is 23.4 Å². The SMILES string of the molecule is Cc1ccc(N(CCC#N)C(=O)C(C)Sc2nnc(C(F)(F)F)n2N)cc1. The number of halogens is 3. The average molecular weight is 398 g/mol. The van der Waals surface area contributed by atoms with E-state index >= 15 is 0 Å². The summed E-state index contributed by atoms with van der Waals surface area (Å²) in [4.78, 5) is 14.2. The van der Waals surface area contributed by atoms with E-state index in [1.165, 1.54) is 11.8 Å². The number of aryl methyl sites for hydroxylation is 1. The second-order valence-electron chi connectivity index (χ2n) is 5.67. The number of benzene rings is 1. The Morgan fingerprint density at radius 2 is 2.00 bits per heavy atom. The number of carbonyl (C=O) groups excluding carboxylic acids is 1. The molecule has 0 aliphatic carbocycles. The lowest BCUT2D eigenvalue weighted by atomic mass is 10.2. The van der Waals surface area contributed by atoms with Gasteiger partial charge in [-0.05, 0) is 26.0 Å². The summed E-state index contributed by atoms with van der Waals surface area (Å²) >= 11 is 0.765. The number of thioether (sulfide) groups is 1. The van der Waals surface area contributed by atoms with Gasteiger partial charge in [0, 0.05) is 12.2 Å². The maximum atomic E-state index is 12.8. The third-order valence-electron chi connectivity index (χ3n) is 3.61. The van der Waals surface area contributed by atoms with Crippen molar-refractivity contribution in [1.82, 2.24) is 14.9 Å². The van der Waals surface area contributed by atoms with Crippen molar-refractivity contribution in [2.24, 2.45) is 0 Å². The molecule has 0 spiro atoms. The summed E-state index contributed by atoms with van der Waals surface area (Å²) < 4.78 is 38.6. The maximum absolute atomic E-state index is 12.8. The number of anilines is 1. The zero-order valence-corrected chi connectivity index (χ0v) is 15.4. The molecule has 0 bridgehead atoms. The third-order valence-corrected chi connectivity index (χ3v) is 4.65. The van der Waals surface area contributed by atoms with Crippen LogP contribution < -0.4 is 10.7 Å². The number of nitrogen functional groups attached to an aromatic ring is 1. The van der Waals surface area contributed by atoms with E-state index < -0.39 is 17.3 Å². The maximum Gasteiger partial charge on any atom is 0.453 e. The van der Waals surface area contributed by atoms with Crippen LogP contribution in [0.2, 0.25) is 0 Å².